The fourth-order valence-electron chi connectivity index (χ4n) is 8.47. The van der Waals surface area contributed by atoms with Crippen molar-refractivity contribution in [1.82, 2.24) is 9.55 Å². The number of hydrogen-bond acceptors (Lipinski definition) is 18. The van der Waals surface area contributed by atoms with Gasteiger partial charge in [-0.25, -0.2) is 13.9 Å². The van der Waals surface area contributed by atoms with E-state index in [1.165, 1.54) is 75.8 Å². The molecule has 2 aliphatic heterocycles. The van der Waals surface area contributed by atoms with Crippen LogP contribution in [0.1, 0.15) is 168 Å². The van der Waals surface area contributed by atoms with Crippen molar-refractivity contribution >= 4 is 33.4 Å². The zero-order valence-corrected chi connectivity index (χ0v) is 43.4. The van der Waals surface area contributed by atoms with E-state index in [1.807, 2.05) is 6.92 Å². The van der Waals surface area contributed by atoms with Gasteiger partial charge in [-0.1, -0.05) is 134 Å². The number of carbonyl (C=O) groups excluding carboxylic acids is 2. The number of aliphatic hydroxyl groups is 5. The van der Waals surface area contributed by atoms with Crippen molar-refractivity contribution < 1.29 is 81.6 Å². The normalized spacial score (nSPS) is 30.4. The molecule has 1 fully saturated rings. The summed E-state index contributed by atoms with van der Waals surface area (Å²) in [6.07, 6.45) is 11.2. The number of anilines is 1. The second-order valence-electron chi connectivity index (χ2n) is 18.6. The number of aliphatic hydroxyl groups excluding tert-OH is 5. The summed E-state index contributed by atoms with van der Waals surface area (Å²) >= 11 is 0. The van der Waals surface area contributed by atoms with Crippen molar-refractivity contribution in [3.8, 4) is 0 Å². The fraction of sp³-hybridized carbons (Fsp3) is 0.792. The fourth-order valence-corrected chi connectivity index (χ4v) is 10.6. The van der Waals surface area contributed by atoms with E-state index in [-0.39, 0.29) is 37.9 Å². The maximum absolute atomic E-state index is 13.3. The second kappa shape index (κ2) is 33.8. The standard InChI is InChI=1S/C48H83N3O18P2/c1-3-5-7-8-9-10-11-12-13-14-15-16-21-25-43(55)64-32-36-33-65-70(60,61)69-71(62,63)66-34-41-46(58)45(57)37(28-27-35(52)23-19-6-4-2)39(53)31-40(54)38(24-20-17-18-22-26-44(56)67-36)47(68-41)51-30-29-42(49)50-48(51)59/h17,20,27-30,35-41,45-47,52-54,57-58H,3-16,18-19,21-26,31-34H2,1-2H3,(H,60,61)(H,62,63)(H2,49,50,59)/b20-17?,28-27-/t35-,36+,37-,38-,39+,40-,41+,45-,46+,47+/m0/s1. The number of carbonyl (C=O) groups is 2. The molecule has 1 aromatic rings. The van der Waals surface area contributed by atoms with Gasteiger partial charge in [0.05, 0.1) is 37.6 Å². The van der Waals surface area contributed by atoms with E-state index >= 15 is 0 Å². The Hall–Kier alpha value is -2.88. The van der Waals surface area contributed by atoms with E-state index in [0.717, 1.165) is 43.1 Å². The zero-order valence-electron chi connectivity index (χ0n) is 41.6. The number of cyclic esters (lactones) is 1. The molecule has 2 aliphatic rings. The largest absolute Gasteiger partial charge is 0.481 e. The molecule has 0 aliphatic carbocycles. The Bertz CT molecular complexity index is 1910. The molecule has 408 valence electrons. The lowest BCUT2D eigenvalue weighted by atomic mass is 9.82. The van der Waals surface area contributed by atoms with Gasteiger partial charge in [-0.2, -0.15) is 9.29 Å². The lowest BCUT2D eigenvalue weighted by molar-refractivity contribution is -0.194. The Morgan fingerprint density at radius 3 is 2.10 bits per heavy atom. The van der Waals surface area contributed by atoms with Gasteiger partial charge < -0.3 is 55.3 Å². The predicted molar refractivity (Wildman–Crippen MR) is 263 cm³/mol. The summed E-state index contributed by atoms with van der Waals surface area (Å²) in [6, 6.07) is 1.24. The average molecular weight is 1050 g/mol. The van der Waals surface area contributed by atoms with Crippen molar-refractivity contribution in [2.75, 3.05) is 25.6 Å². The van der Waals surface area contributed by atoms with Gasteiger partial charge in [0, 0.05) is 37.3 Å². The van der Waals surface area contributed by atoms with Crippen LogP contribution in [-0.4, -0.2) is 119 Å². The smallest absolute Gasteiger partial charge is 0.462 e. The van der Waals surface area contributed by atoms with E-state index in [1.54, 1.807) is 12.2 Å². The maximum atomic E-state index is 13.3. The third-order valence-electron chi connectivity index (χ3n) is 12.6. The number of esters is 2. The molecule has 0 amide bonds. The minimum Gasteiger partial charge on any atom is -0.462 e. The molecule has 1 saturated heterocycles. The summed E-state index contributed by atoms with van der Waals surface area (Å²) in [5.74, 6) is -4.12. The number of nitrogens with two attached hydrogens (primary N) is 1. The number of phosphoric ester groups is 2. The first-order valence-corrected chi connectivity index (χ1v) is 28.6. The van der Waals surface area contributed by atoms with E-state index in [4.69, 9.17) is 29.0 Å². The number of hydrogen-bond donors (Lipinski definition) is 8. The zero-order chi connectivity index (χ0) is 52.2. The Morgan fingerprint density at radius 1 is 0.859 bits per heavy atom. The predicted octanol–water partition coefficient (Wildman–Crippen LogP) is 6.60. The summed E-state index contributed by atoms with van der Waals surface area (Å²) in [5, 5.41) is 57.4. The molecular weight excluding hydrogens is 968 g/mol. The number of rotatable bonds is 23. The van der Waals surface area contributed by atoms with Gasteiger partial charge in [0.15, 0.2) is 6.10 Å². The molecule has 9 N–H and O–H groups in total. The topological polar surface area (TPSA) is 326 Å². The van der Waals surface area contributed by atoms with E-state index in [9.17, 15) is 58.8 Å². The van der Waals surface area contributed by atoms with E-state index < -0.39 is 120 Å². The number of aromatic nitrogens is 2. The summed E-state index contributed by atoms with van der Waals surface area (Å²) < 4.78 is 58.9. The van der Waals surface area contributed by atoms with Crippen LogP contribution in [0, 0.1) is 11.8 Å². The molecule has 0 aromatic carbocycles. The van der Waals surface area contributed by atoms with Gasteiger partial charge >= 0.3 is 33.3 Å². The molecule has 71 heavy (non-hydrogen) atoms. The molecule has 0 spiro atoms. The number of fused-ring (bicyclic) bond motifs is 3. The number of allylic oxidation sites excluding steroid dienone is 2. The Kier molecular flexibility index (Phi) is 29.7. The number of ether oxygens (including phenoxy) is 3. The summed E-state index contributed by atoms with van der Waals surface area (Å²) in [6.45, 7) is 1.50. The molecule has 0 saturated carbocycles. The average Bonchev–Trinajstić information content (AvgIpc) is 3.30. The van der Waals surface area contributed by atoms with Gasteiger partial charge in [0.1, 0.15) is 30.9 Å². The summed E-state index contributed by atoms with van der Waals surface area (Å²) in [4.78, 5) is 64.0. The number of unbranched alkanes of at least 4 members (excludes halogenated alkanes) is 14. The second-order valence-corrected chi connectivity index (χ2v) is 21.7. The van der Waals surface area contributed by atoms with Crippen LogP contribution in [0.15, 0.2) is 41.4 Å². The molecular formula is C48H83N3O18P2. The first-order valence-electron chi connectivity index (χ1n) is 25.6. The van der Waals surface area contributed by atoms with Crippen molar-refractivity contribution in [3.63, 3.8) is 0 Å². The van der Waals surface area contributed by atoms with Crippen LogP contribution in [0.4, 0.5) is 5.82 Å². The molecule has 3 rings (SSSR count). The van der Waals surface area contributed by atoms with Crippen LogP contribution in [0.25, 0.3) is 0 Å². The van der Waals surface area contributed by atoms with Crippen molar-refractivity contribution in [2.45, 2.75) is 210 Å². The van der Waals surface area contributed by atoms with Gasteiger partial charge in [-0.3, -0.25) is 23.2 Å². The van der Waals surface area contributed by atoms with Gasteiger partial charge in [-0.05, 0) is 38.2 Å². The summed E-state index contributed by atoms with van der Waals surface area (Å²) in [7, 11) is -11.3. The van der Waals surface area contributed by atoms with Crippen LogP contribution in [0.3, 0.4) is 0 Å². The number of nitrogens with zero attached hydrogens (tertiary/aromatic N) is 2. The Balaban J connectivity index is 1.81. The lowest BCUT2D eigenvalue weighted by Gasteiger charge is -2.40. The monoisotopic (exact) mass is 1050 g/mol. The Labute approximate surface area is 418 Å². The van der Waals surface area contributed by atoms with Crippen molar-refractivity contribution in [3.05, 3.63) is 47.1 Å². The lowest BCUT2D eigenvalue weighted by Crippen LogP contribution is -2.52. The van der Waals surface area contributed by atoms with E-state index in [0.29, 0.717) is 19.3 Å². The summed E-state index contributed by atoms with van der Waals surface area (Å²) in [5.41, 5.74) is 4.77. The van der Waals surface area contributed by atoms with Crippen LogP contribution in [0.2, 0.25) is 0 Å². The molecule has 0 radical (unpaired) electrons. The first kappa shape index (κ1) is 62.4. The van der Waals surface area contributed by atoms with E-state index in [2.05, 4.69) is 16.2 Å². The molecule has 12 atom stereocenters. The van der Waals surface area contributed by atoms with Crippen LogP contribution >= 0.6 is 15.6 Å². The molecule has 2 bridgehead atoms. The van der Waals surface area contributed by atoms with Crippen molar-refractivity contribution in [2.24, 2.45) is 11.8 Å². The highest BCUT2D eigenvalue weighted by atomic mass is 31.3. The van der Waals surface area contributed by atoms with Crippen molar-refractivity contribution in [1.29, 1.82) is 0 Å². The minimum atomic E-state index is -5.70. The van der Waals surface area contributed by atoms with Gasteiger partial charge in [0.25, 0.3) is 0 Å². The molecule has 21 nitrogen and oxygen atoms in total. The SMILES string of the molecule is CCCCCCCCCCCCCCCC(=O)OC[C@@H]1COP(=O)(O)OP(=O)(O)OC[C@H]2O[C@@H](n3ccc(N)nc3=O)[C@@H](CC=CCCCC(=O)O1)[C@@H](O)C[C@@H](O)[C@H](/C=C\[C@@H](O)CCCCC)[C@H](O)[C@@H]2O. The number of phosphoric acid groups is 2. The van der Waals surface area contributed by atoms with Crippen LogP contribution in [-0.2, 0) is 46.3 Å². The first-order chi connectivity index (χ1) is 33.9. The highest BCUT2D eigenvalue weighted by molar-refractivity contribution is 7.61. The highest BCUT2D eigenvalue weighted by Crippen LogP contribution is 2.60. The molecule has 23 heteroatoms. The van der Waals surface area contributed by atoms with Gasteiger partial charge in [0.2, 0.25) is 0 Å². The quantitative estimate of drug-likeness (QED) is 0.0247. The third-order valence-corrected chi connectivity index (χ3v) is 15.2. The van der Waals surface area contributed by atoms with Gasteiger partial charge in [-0.15, -0.1) is 0 Å². The molecule has 3 heterocycles. The Morgan fingerprint density at radius 2 is 1.46 bits per heavy atom. The minimum absolute atomic E-state index is 0.0813. The van der Waals surface area contributed by atoms with Crippen LogP contribution < -0.4 is 11.4 Å². The maximum Gasteiger partial charge on any atom is 0.481 e. The molecule has 2 unspecified atom stereocenters. The number of nitrogen functional groups attached to an aromatic ring is 1. The third kappa shape index (κ3) is 24.8. The molecule has 1 aromatic heterocycles. The van der Waals surface area contributed by atoms with Crippen LogP contribution in [0.5, 0.6) is 0 Å². The highest BCUT2D eigenvalue weighted by Gasteiger charge is 2.45.